The highest BCUT2D eigenvalue weighted by Crippen LogP contribution is 2.57. The zero-order valence-corrected chi connectivity index (χ0v) is 23.8. The summed E-state index contributed by atoms with van der Waals surface area (Å²) in [6.07, 6.45) is -1.65. The Bertz CT molecular complexity index is 1480. The molecule has 1 amide bonds. The maximum Gasteiger partial charge on any atom is 0.374 e. The Hall–Kier alpha value is -4.03. The molecule has 0 bridgehead atoms. The van der Waals surface area contributed by atoms with Crippen LogP contribution in [0.5, 0.6) is 5.75 Å². The number of hydrogen-bond acceptors (Lipinski definition) is 11. The van der Waals surface area contributed by atoms with Gasteiger partial charge >= 0.3 is 5.97 Å². The number of Topliss-reactive ketones (excluding diaryl/α,β-unsaturated/α-hetero) is 3. The van der Waals surface area contributed by atoms with Crippen molar-refractivity contribution in [3.8, 4) is 5.75 Å². The van der Waals surface area contributed by atoms with Gasteiger partial charge in [0.15, 0.2) is 11.4 Å². The number of amides is 1. The number of ether oxygens (including phenoxy) is 1. The number of aromatic hydroxyl groups is 1. The zero-order valence-electron chi connectivity index (χ0n) is 23.8. The normalized spacial score (nSPS) is 29.6. The van der Waals surface area contributed by atoms with Gasteiger partial charge in [-0.1, -0.05) is 39.8 Å². The Morgan fingerprint density at radius 1 is 1.07 bits per heavy atom. The van der Waals surface area contributed by atoms with Crippen LogP contribution in [0.2, 0.25) is 0 Å². The van der Waals surface area contributed by atoms with E-state index in [-0.39, 0.29) is 11.3 Å². The molecule has 0 saturated carbocycles. The summed E-state index contributed by atoms with van der Waals surface area (Å²) in [5, 5.41) is 46.0. The van der Waals surface area contributed by atoms with Crippen molar-refractivity contribution in [2.24, 2.45) is 17.6 Å². The molecule has 0 saturated heterocycles. The van der Waals surface area contributed by atoms with Crippen molar-refractivity contribution in [2.75, 3.05) is 14.1 Å². The molecule has 41 heavy (non-hydrogen) atoms. The molecular weight excluding hydrogens is 536 g/mol. The molecule has 0 aromatic heterocycles. The van der Waals surface area contributed by atoms with Crippen molar-refractivity contribution >= 4 is 29.2 Å². The topological polar surface area (TPSA) is 205 Å². The second-order valence-electron chi connectivity index (χ2n) is 12.2. The van der Waals surface area contributed by atoms with E-state index >= 15 is 0 Å². The van der Waals surface area contributed by atoms with Gasteiger partial charge in [-0.15, -0.1) is 0 Å². The highest BCUT2D eigenvalue weighted by molar-refractivity contribution is 6.32. The lowest BCUT2D eigenvalue weighted by Crippen LogP contribution is -2.69. The third kappa shape index (κ3) is 4.07. The van der Waals surface area contributed by atoms with Gasteiger partial charge in [0.1, 0.15) is 28.9 Å². The van der Waals surface area contributed by atoms with Crippen LogP contribution in [0, 0.1) is 11.8 Å². The van der Waals surface area contributed by atoms with Crippen LogP contribution in [0.3, 0.4) is 0 Å². The smallest absolute Gasteiger partial charge is 0.374 e. The number of primary amides is 1. The second kappa shape index (κ2) is 9.52. The third-order valence-electron chi connectivity index (χ3n) is 8.44. The van der Waals surface area contributed by atoms with Crippen molar-refractivity contribution < 1.29 is 49.1 Å². The Balaban J connectivity index is 2.12. The Morgan fingerprint density at radius 2 is 1.66 bits per heavy atom. The van der Waals surface area contributed by atoms with Gasteiger partial charge in [-0.05, 0) is 31.0 Å². The fraction of sp³-hybridized carbons (Fsp3) is 0.483. The number of benzene rings is 1. The molecule has 0 radical (unpaired) electrons. The van der Waals surface area contributed by atoms with E-state index in [0.29, 0.717) is 11.1 Å². The number of hydrogen-bond donors (Lipinski definition) is 5. The minimum Gasteiger partial charge on any atom is -0.510 e. The van der Waals surface area contributed by atoms with Gasteiger partial charge in [-0.2, -0.15) is 0 Å². The SMILES string of the molecule is CC(=O)C(=O)OC1C2C(=C(O)C3(O)C(=O)C(C(N)=O)=C(O)[C@@H](N(C)C)C13)C(=O)c1c(ccc(C(C)(C)C)c1O)C2C. The summed E-state index contributed by atoms with van der Waals surface area (Å²) in [6.45, 7) is 8.05. The first-order valence-corrected chi connectivity index (χ1v) is 13.0. The van der Waals surface area contributed by atoms with Crippen molar-refractivity contribution in [1.29, 1.82) is 0 Å². The van der Waals surface area contributed by atoms with Gasteiger partial charge in [0.25, 0.3) is 5.91 Å². The summed E-state index contributed by atoms with van der Waals surface area (Å²) in [4.78, 5) is 66.1. The van der Waals surface area contributed by atoms with Crippen LogP contribution in [0.25, 0.3) is 0 Å². The van der Waals surface area contributed by atoms with E-state index in [2.05, 4.69) is 0 Å². The third-order valence-corrected chi connectivity index (χ3v) is 8.44. The minimum atomic E-state index is -3.08. The van der Waals surface area contributed by atoms with Crippen molar-refractivity contribution in [3.63, 3.8) is 0 Å². The average molecular weight is 571 g/mol. The number of rotatable bonds is 4. The molecule has 12 heteroatoms. The predicted octanol–water partition coefficient (Wildman–Crippen LogP) is 1.09. The lowest BCUT2D eigenvalue weighted by molar-refractivity contribution is -0.182. The number of aliphatic hydroxyl groups excluding tert-OH is 2. The highest BCUT2D eigenvalue weighted by Gasteiger charge is 2.68. The van der Waals surface area contributed by atoms with E-state index in [9.17, 15) is 44.4 Å². The molecule has 0 fully saturated rings. The first-order chi connectivity index (χ1) is 18.8. The molecule has 0 aliphatic heterocycles. The number of aliphatic hydroxyl groups is 3. The fourth-order valence-corrected chi connectivity index (χ4v) is 6.55. The lowest BCUT2D eigenvalue weighted by Gasteiger charge is -2.54. The van der Waals surface area contributed by atoms with Crippen LogP contribution in [0.15, 0.2) is 34.8 Å². The van der Waals surface area contributed by atoms with Crippen LogP contribution < -0.4 is 5.73 Å². The maximum absolute atomic E-state index is 14.1. The first kappa shape index (κ1) is 29.9. The second-order valence-corrected chi connectivity index (χ2v) is 12.2. The molecule has 5 unspecified atom stereocenters. The molecule has 0 spiro atoms. The van der Waals surface area contributed by atoms with E-state index in [0.717, 1.165) is 6.92 Å². The van der Waals surface area contributed by atoms with E-state index in [1.54, 1.807) is 19.1 Å². The molecule has 6 atom stereocenters. The Morgan fingerprint density at radius 3 is 2.15 bits per heavy atom. The summed E-state index contributed by atoms with van der Waals surface area (Å²) >= 11 is 0. The summed E-state index contributed by atoms with van der Waals surface area (Å²) in [5.41, 5.74) is 0.781. The number of likely N-dealkylation sites (N-methyl/N-ethyl adjacent to an activating group) is 1. The standard InChI is InChI=1S/C29H34N2O10/c1-10-12-8-9-13(28(3,4)5)20(33)15(12)21(34)16-14(10)23(41-27(39)11(2)32)18-19(31(6)7)22(35)17(26(30)38)25(37)29(18,40)24(16)36/h8-10,14,18-19,23,33,35-36,40H,1-7H3,(H2,30,38)/t10?,14?,18?,19-,23?,29?/m0/s1. The molecule has 1 aromatic rings. The molecule has 1 aromatic carbocycles. The monoisotopic (exact) mass is 570 g/mol. The Labute approximate surface area is 236 Å². The number of fused-ring (bicyclic) bond motifs is 3. The summed E-state index contributed by atoms with van der Waals surface area (Å²) in [5.74, 6) is -12.2. The van der Waals surface area contributed by atoms with Crippen molar-refractivity contribution in [2.45, 2.75) is 63.7 Å². The summed E-state index contributed by atoms with van der Waals surface area (Å²) in [6, 6.07) is 1.85. The number of esters is 1. The number of ketones is 3. The number of carbonyl (C=O) groups is 5. The largest absolute Gasteiger partial charge is 0.510 e. The molecule has 3 aliphatic rings. The zero-order chi connectivity index (χ0) is 31.1. The van der Waals surface area contributed by atoms with Gasteiger partial charge in [0, 0.05) is 24.0 Å². The van der Waals surface area contributed by atoms with Crippen LogP contribution in [-0.4, -0.2) is 86.4 Å². The molecule has 3 aliphatic carbocycles. The van der Waals surface area contributed by atoms with Gasteiger partial charge in [-0.3, -0.25) is 24.1 Å². The van der Waals surface area contributed by atoms with Gasteiger partial charge in [0.2, 0.25) is 11.6 Å². The van der Waals surface area contributed by atoms with Crippen LogP contribution in [-0.2, 0) is 29.3 Å². The molecule has 0 heterocycles. The number of phenolic OH excluding ortho intramolecular Hbond substituents is 1. The van der Waals surface area contributed by atoms with Crippen LogP contribution in [0.4, 0.5) is 0 Å². The van der Waals surface area contributed by atoms with E-state index in [4.69, 9.17) is 10.5 Å². The van der Waals surface area contributed by atoms with E-state index in [1.165, 1.54) is 19.0 Å². The van der Waals surface area contributed by atoms with E-state index in [1.807, 2.05) is 20.8 Å². The van der Waals surface area contributed by atoms with Crippen molar-refractivity contribution in [3.05, 3.63) is 51.5 Å². The van der Waals surface area contributed by atoms with Gasteiger partial charge in [-0.25, -0.2) is 4.79 Å². The van der Waals surface area contributed by atoms with Gasteiger partial charge in [0.05, 0.1) is 17.5 Å². The van der Waals surface area contributed by atoms with Crippen molar-refractivity contribution in [1.82, 2.24) is 4.90 Å². The summed E-state index contributed by atoms with van der Waals surface area (Å²) in [7, 11) is 2.87. The first-order valence-electron chi connectivity index (χ1n) is 13.0. The predicted molar refractivity (Wildman–Crippen MR) is 143 cm³/mol. The fourth-order valence-electron chi connectivity index (χ4n) is 6.55. The number of phenols is 1. The molecule has 4 rings (SSSR count). The quantitative estimate of drug-likeness (QED) is 0.197. The Kier molecular flexibility index (Phi) is 6.95. The number of nitrogens with two attached hydrogens (primary N) is 1. The molecule has 12 nitrogen and oxygen atoms in total. The van der Waals surface area contributed by atoms with Crippen LogP contribution in [0.1, 0.15) is 62.0 Å². The lowest BCUT2D eigenvalue weighted by atomic mass is 9.55. The van der Waals surface area contributed by atoms with Crippen LogP contribution >= 0.6 is 0 Å². The molecule has 220 valence electrons. The van der Waals surface area contributed by atoms with E-state index < -0.39 is 92.8 Å². The minimum absolute atomic E-state index is 0.164. The molecular formula is C29H34N2O10. The van der Waals surface area contributed by atoms with Gasteiger partial charge < -0.3 is 30.9 Å². The maximum atomic E-state index is 14.1. The number of carbonyl (C=O) groups excluding carboxylic acids is 5. The number of nitrogens with zero attached hydrogens (tertiary/aromatic N) is 1. The highest BCUT2D eigenvalue weighted by atomic mass is 16.6. The molecule has 6 N–H and O–H groups in total. The summed E-state index contributed by atoms with van der Waals surface area (Å²) < 4.78 is 5.58. The average Bonchev–Trinajstić information content (AvgIpc) is 2.84.